The van der Waals surface area contributed by atoms with Gasteiger partial charge in [0.2, 0.25) is 6.35 Å². The number of aliphatic imine (C=N–C) groups is 1. The van der Waals surface area contributed by atoms with Crippen molar-refractivity contribution >= 4 is 11.7 Å². The van der Waals surface area contributed by atoms with Gasteiger partial charge in [0, 0.05) is 18.2 Å². The summed E-state index contributed by atoms with van der Waals surface area (Å²) < 4.78 is 24.1. The molecule has 0 bridgehead atoms. The molecule has 0 aliphatic carbocycles. The first-order valence-electron chi connectivity index (χ1n) is 15.3. The minimum absolute atomic E-state index is 0.0277. The molecule has 4 atom stereocenters. The average Bonchev–Trinajstić information content (AvgIpc) is 3.49. The standard InChI is InChI=1S/C37H37N3O7/c1-44-29-17-13-27(14-18-29)37(26-11-7-4-8-12-26,28-15-19-30(45-2)20-16-28)46-24-32-31(41)23-34(47-32)40-22-21-33(39-36(40)43)38-35(42)25-9-5-3-6-10-25/h3-22,31-32,34,36,41,43H,23-24H2,1-2H3,(H,38,39,42)/t31-,32+,34+,36?/m0/s1. The molecule has 10 heteroatoms. The molecule has 2 aliphatic heterocycles. The molecule has 2 heterocycles. The number of amidine groups is 1. The van der Waals surface area contributed by atoms with Gasteiger partial charge in [0.05, 0.1) is 26.9 Å². The molecule has 1 saturated heterocycles. The number of nitrogens with one attached hydrogen (secondary N) is 1. The van der Waals surface area contributed by atoms with Crippen LogP contribution in [0.2, 0.25) is 0 Å². The molecule has 0 radical (unpaired) electrons. The number of aliphatic hydroxyl groups is 2. The van der Waals surface area contributed by atoms with Crippen molar-refractivity contribution in [1.29, 1.82) is 0 Å². The van der Waals surface area contributed by atoms with E-state index in [0.29, 0.717) is 17.1 Å². The van der Waals surface area contributed by atoms with Crippen LogP contribution < -0.4 is 14.8 Å². The smallest absolute Gasteiger partial charge is 0.256 e. The van der Waals surface area contributed by atoms with Gasteiger partial charge in [-0.1, -0.05) is 72.8 Å². The van der Waals surface area contributed by atoms with Crippen molar-refractivity contribution in [2.24, 2.45) is 4.99 Å². The summed E-state index contributed by atoms with van der Waals surface area (Å²) in [5.74, 6) is 1.30. The summed E-state index contributed by atoms with van der Waals surface area (Å²) in [5, 5.41) is 24.7. The van der Waals surface area contributed by atoms with Crippen LogP contribution in [0.15, 0.2) is 126 Å². The van der Waals surface area contributed by atoms with Crippen LogP contribution in [0.3, 0.4) is 0 Å². The lowest BCUT2D eigenvalue weighted by molar-refractivity contribution is -0.129. The van der Waals surface area contributed by atoms with E-state index in [4.69, 9.17) is 18.9 Å². The second-order valence-electron chi connectivity index (χ2n) is 11.2. The Hall–Kier alpha value is -5.00. The van der Waals surface area contributed by atoms with Gasteiger partial charge in [-0.05, 0) is 59.2 Å². The molecule has 4 aromatic carbocycles. The number of benzene rings is 4. The molecule has 0 saturated carbocycles. The van der Waals surface area contributed by atoms with Crippen LogP contribution in [0.25, 0.3) is 0 Å². The van der Waals surface area contributed by atoms with Crippen LogP contribution in [0.4, 0.5) is 0 Å². The Morgan fingerprint density at radius 3 is 1.96 bits per heavy atom. The molecule has 47 heavy (non-hydrogen) atoms. The summed E-state index contributed by atoms with van der Waals surface area (Å²) in [5.41, 5.74) is 1.98. The molecule has 1 fully saturated rings. The minimum atomic E-state index is -1.33. The molecule has 4 aromatic rings. The molecule has 0 aromatic heterocycles. The number of hydrogen-bond acceptors (Lipinski definition) is 9. The van der Waals surface area contributed by atoms with E-state index in [1.807, 2.05) is 84.9 Å². The van der Waals surface area contributed by atoms with E-state index in [0.717, 1.165) is 16.7 Å². The lowest BCUT2D eigenvalue weighted by Gasteiger charge is -2.37. The highest BCUT2D eigenvalue weighted by molar-refractivity contribution is 6.10. The van der Waals surface area contributed by atoms with E-state index in [2.05, 4.69) is 10.3 Å². The predicted octanol–water partition coefficient (Wildman–Crippen LogP) is 4.42. The first-order valence-corrected chi connectivity index (χ1v) is 15.3. The maximum Gasteiger partial charge on any atom is 0.256 e. The topological polar surface area (TPSA) is 122 Å². The van der Waals surface area contributed by atoms with E-state index in [9.17, 15) is 15.0 Å². The molecule has 0 spiro atoms. The van der Waals surface area contributed by atoms with Crippen molar-refractivity contribution in [1.82, 2.24) is 10.2 Å². The second kappa shape index (κ2) is 14.2. The Labute approximate surface area is 273 Å². The van der Waals surface area contributed by atoms with Gasteiger partial charge >= 0.3 is 0 Å². The summed E-state index contributed by atoms with van der Waals surface area (Å²) in [6, 6.07) is 34.0. The van der Waals surface area contributed by atoms with Crippen LogP contribution in [0.5, 0.6) is 11.5 Å². The van der Waals surface area contributed by atoms with Crippen molar-refractivity contribution < 1.29 is 34.0 Å². The average molecular weight is 636 g/mol. The summed E-state index contributed by atoms with van der Waals surface area (Å²) in [6.07, 6.45) is -0.228. The Balaban J connectivity index is 1.22. The number of rotatable bonds is 10. The highest BCUT2D eigenvalue weighted by Crippen LogP contribution is 2.42. The highest BCUT2D eigenvalue weighted by Gasteiger charge is 2.43. The third kappa shape index (κ3) is 6.77. The maximum atomic E-state index is 12.6. The van der Waals surface area contributed by atoms with E-state index in [1.54, 1.807) is 50.8 Å². The molecular formula is C37H37N3O7. The van der Waals surface area contributed by atoms with Gasteiger partial charge in [0.25, 0.3) is 5.91 Å². The third-order valence-corrected chi connectivity index (χ3v) is 8.38. The quantitative estimate of drug-likeness (QED) is 0.219. The SMILES string of the molecule is COc1ccc(C(OC[C@H]2O[C@@H](N3C=CC(NC(=O)c4ccccc4)=NC3O)C[C@@H]2O)(c2ccccc2)c2ccc(OC)cc2)cc1. The summed E-state index contributed by atoms with van der Waals surface area (Å²) >= 11 is 0. The van der Waals surface area contributed by atoms with Crippen molar-refractivity contribution in [3.8, 4) is 11.5 Å². The Morgan fingerprint density at radius 2 is 1.40 bits per heavy atom. The number of carbonyl (C=O) groups excluding carboxylic acids is 1. The van der Waals surface area contributed by atoms with Crippen LogP contribution in [-0.2, 0) is 15.1 Å². The van der Waals surface area contributed by atoms with Gasteiger partial charge in [-0.3, -0.25) is 4.79 Å². The maximum absolute atomic E-state index is 12.6. The number of carbonyl (C=O) groups is 1. The third-order valence-electron chi connectivity index (χ3n) is 8.38. The zero-order valence-corrected chi connectivity index (χ0v) is 26.1. The minimum Gasteiger partial charge on any atom is -0.497 e. The lowest BCUT2D eigenvalue weighted by Crippen LogP contribution is -2.43. The Bertz CT molecular complexity index is 1650. The molecule has 1 amide bonds. The van der Waals surface area contributed by atoms with E-state index in [1.165, 1.54) is 4.90 Å². The molecule has 3 N–H and O–H groups in total. The fourth-order valence-electron chi connectivity index (χ4n) is 5.89. The second-order valence-corrected chi connectivity index (χ2v) is 11.2. The van der Waals surface area contributed by atoms with Crippen LogP contribution >= 0.6 is 0 Å². The fourth-order valence-corrected chi connectivity index (χ4v) is 5.89. The van der Waals surface area contributed by atoms with Crippen molar-refractivity contribution in [2.75, 3.05) is 20.8 Å². The summed E-state index contributed by atoms with van der Waals surface area (Å²) in [6.45, 7) is 0.0277. The Kier molecular flexibility index (Phi) is 9.65. The largest absolute Gasteiger partial charge is 0.497 e. The first-order chi connectivity index (χ1) is 22.9. The van der Waals surface area contributed by atoms with Gasteiger partial charge < -0.3 is 39.4 Å². The normalized spacial score (nSPS) is 20.9. The predicted molar refractivity (Wildman–Crippen MR) is 176 cm³/mol. The molecule has 2 aliphatic rings. The van der Waals surface area contributed by atoms with Gasteiger partial charge in [-0.15, -0.1) is 0 Å². The lowest BCUT2D eigenvalue weighted by atomic mass is 9.80. The molecular weight excluding hydrogens is 598 g/mol. The monoisotopic (exact) mass is 635 g/mol. The number of nitrogens with zero attached hydrogens (tertiary/aromatic N) is 2. The van der Waals surface area contributed by atoms with Gasteiger partial charge in [0.15, 0.2) is 0 Å². The van der Waals surface area contributed by atoms with Crippen molar-refractivity contribution in [2.45, 2.75) is 36.8 Å². The number of methoxy groups -OCH3 is 2. The molecule has 6 rings (SSSR count). The zero-order chi connectivity index (χ0) is 32.8. The fraction of sp³-hybridized carbons (Fsp3) is 0.243. The van der Waals surface area contributed by atoms with Crippen LogP contribution in [0, 0.1) is 0 Å². The van der Waals surface area contributed by atoms with Crippen LogP contribution in [-0.4, -0.2) is 72.5 Å². The van der Waals surface area contributed by atoms with Gasteiger partial charge in [-0.25, -0.2) is 4.99 Å². The van der Waals surface area contributed by atoms with Crippen LogP contribution in [0.1, 0.15) is 33.5 Å². The Morgan fingerprint density at radius 1 is 0.851 bits per heavy atom. The summed E-state index contributed by atoms with van der Waals surface area (Å²) in [7, 11) is 3.24. The van der Waals surface area contributed by atoms with Crippen molar-refractivity contribution in [3.05, 3.63) is 144 Å². The van der Waals surface area contributed by atoms with E-state index < -0.39 is 30.4 Å². The molecule has 1 unspecified atom stereocenters. The first kappa shape index (κ1) is 32.0. The number of hydrogen-bond donors (Lipinski definition) is 3. The van der Waals surface area contributed by atoms with E-state index in [-0.39, 0.29) is 24.8 Å². The number of ether oxygens (including phenoxy) is 4. The molecule has 10 nitrogen and oxygen atoms in total. The van der Waals surface area contributed by atoms with Gasteiger partial charge in [-0.2, -0.15) is 0 Å². The number of amides is 1. The van der Waals surface area contributed by atoms with Gasteiger partial charge in [0.1, 0.15) is 35.3 Å². The molecule has 242 valence electrons. The summed E-state index contributed by atoms with van der Waals surface area (Å²) in [4.78, 5) is 18.3. The zero-order valence-electron chi connectivity index (χ0n) is 26.1. The van der Waals surface area contributed by atoms with E-state index >= 15 is 0 Å². The van der Waals surface area contributed by atoms with Crippen molar-refractivity contribution in [3.63, 3.8) is 0 Å². The highest BCUT2D eigenvalue weighted by atomic mass is 16.6. The number of aliphatic hydroxyl groups excluding tert-OH is 2.